The van der Waals surface area contributed by atoms with Crippen LogP contribution in [0.25, 0.3) is 0 Å². The molecule has 2 aliphatic heterocycles. The first-order valence-electron chi connectivity index (χ1n) is 11.9. The SMILES string of the molecule is Cc1cc(Cl)ccc1OC1CCN(CC2CCN(c3cc(C(F)(F)F)ccc3C(=O)O)CC2)CC1. The molecule has 0 unspecified atom stereocenters. The van der Waals surface area contributed by atoms with Gasteiger partial charge in [-0.05, 0) is 80.5 Å². The van der Waals surface area contributed by atoms with Crippen molar-refractivity contribution >= 4 is 23.3 Å². The smallest absolute Gasteiger partial charge is 0.416 e. The number of carbonyl (C=O) groups is 1. The number of alkyl halides is 3. The zero-order valence-electron chi connectivity index (χ0n) is 19.7. The number of carboxylic acids is 1. The van der Waals surface area contributed by atoms with Crippen LogP contribution >= 0.6 is 11.6 Å². The van der Waals surface area contributed by atoms with Crippen molar-refractivity contribution in [2.24, 2.45) is 5.92 Å². The molecular weight excluding hydrogens is 481 g/mol. The summed E-state index contributed by atoms with van der Waals surface area (Å²) in [5.74, 6) is 0.0894. The molecule has 9 heteroatoms. The van der Waals surface area contributed by atoms with Crippen molar-refractivity contribution < 1.29 is 27.8 Å². The van der Waals surface area contributed by atoms with Crippen molar-refractivity contribution in [2.45, 2.75) is 44.9 Å². The Labute approximate surface area is 208 Å². The van der Waals surface area contributed by atoms with E-state index >= 15 is 0 Å². The molecule has 5 nitrogen and oxygen atoms in total. The summed E-state index contributed by atoms with van der Waals surface area (Å²) in [5.41, 5.74) is 0.271. The summed E-state index contributed by atoms with van der Waals surface area (Å²) in [5, 5.41) is 10.2. The van der Waals surface area contributed by atoms with Crippen LogP contribution in [-0.4, -0.2) is 54.8 Å². The molecule has 1 N–H and O–H groups in total. The fourth-order valence-corrected chi connectivity index (χ4v) is 5.23. The van der Waals surface area contributed by atoms with E-state index in [1.54, 1.807) is 4.90 Å². The van der Waals surface area contributed by atoms with Gasteiger partial charge in [-0.1, -0.05) is 11.6 Å². The second kappa shape index (κ2) is 10.7. The fraction of sp³-hybridized carbons (Fsp3) is 0.500. The quantitative estimate of drug-likeness (QED) is 0.507. The van der Waals surface area contributed by atoms with Crippen LogP contribution in [0.15, 0.2) is 36.4 Å². The molecule has 2 aromatic carbocycles. The Hall–Kier alpha value is -2.45. The molecule has 0 aliphatic carbocycles. The number of piperidine rings is 2. The summed E-state index contributed by atoms with van der Waals surface area (Å²) < 4.78 is 45.8. The molecule has 2 fully saturated rings. The minimum Gasteiger partial charge on any atom is -0.490 e. The van der Waals surface area contributed by atoms with Crippen molar-refractivity contribution in [3.63, 3.8) is 0 Å². The van der Waals surface area contributed by atoms with Crippen molar-refractivity contribution in [2.75, 3.05) is 37.6 Å². The van der Waals surface area contributed by atoms with Gasteiger partial charge in [0.25, 0.3) is 0 Å². The second-order valence-electron chi connectivity index (χ2n) is 9.49. The van der Waals surface area contributed by atoms with E-state index in [-0.39, 0.29) is 17.4 Å². The zero-order chi connectivity index (χ0) is 25.2. The molecule has 0 spiro atoms. The number of hydrogen-bond acceptors (Lipinski definition) is 4. The first-order chi connectivity index (χ1) is 16.6. The van der Waals surface area contributed by atoms with Gasteiger partial charge in [0.15, 0.2) is 0 Å². The van der Waals surface area contributed by atoms with Gasteiger partial charge < -0.3 is 19.6 Å². The molecular formula is C26H30ClF3N2O3. The first-order valence-corrected chi connectivity index (χ1v) is 12.3. The van der Waals surface area contributed by atoms with Gasteiger partial charge in [0, 0.05) is 37.7 Å². The number of rotatable bonds is 6. The molecule has 4 rings (SSSR count). The predicted molar refractivity (Wildman–Crippen MR) is 130 cm³/mol. The highest BCUT2D eigenvalue weighted by Gasteiger charge is 2.33. The Morgan fingerprint density at radius 3 is 2.34 bits per heavy atom. The summed E-state index contributed by atoms with van der Waals surface area (Å²) in [6.45, 7) is 5.89. The third-order valence-corrected chi connectivity index (χ3v) is 7.23. The van der Waals surface area contributed by atoms with Crippen molar-refractivity contribution in [1.29, 1.82) is 0 Å². The molecule has 0 amide bonds. The molecule has 2 aliphatic rings. The van der Waals surface area contributed by atoms with E-state index in [2.05, 4.69) is 4.90 Å². The van der Waals surface area contributed by atoms with Crippen LogP contribution in [0, 0.1) is 12.8 Å². The summed E-state index contributed by atoms with van der Waals surface area (Å²) in [4.78, 5) is 15.8. The molecule has 2 heterocycles. The van der Waals surface area contributed by atoms with Crippen molar-refractivity contribution in [3.8, 4) is 5.75 Å². The maximum Gasteiger partial charge on any atom is 0.416 e. The van der Waals surface area contributed by atoms with Gasteiger partial charge in [0.2, 0.25) is 0 Å². The summed E-state index contributed by atoms with van der Waals surface area (Å²) >= 11 is 6.03. The largest absolute Gasteiger partial charge is 0.490 e. The topological polar surface area (TPSA) is 53.0 Å². The summed E-state index contributed by atoms with van der Waals surface area (Å²) in [6, 6.07) is 8.52. The molecule has 35 heavy (non-hydrogen) atoms. The third-order valence-electron chi connectivity index (χ3n) is 6.99. The average molecular weight is 511 g/mol. The highest BCUT2D eigenvalue weighted by Crippen LogP contribution is 2.35. The Kier molecular flexibility index (Phi) is 7.81. The number of halogens is 4. The highest BCUT2D eigenvalue weighted by molar-refractivity contribution is 6.30. The minimum absolute atomic E-state index is 0.0885. The number of aromatic carboxylic acids is 1. The fourth-order valence-electron chi connectivity index (χ4n) is 5.01. The summed E-state index contributed by atoms with van der Waals surface area (Å²) in [7, 11) is 0. The van der Waals surface area contributed by atoms with Crippen LogP contribution in [0.1, 0.15) is 47.2 Å². The van der Waals surface area contributed by atoms with Crippen LogP contribution in [0.4, 0.5) is 18.9 Å². The normalized spacial score (nSPS) is 18.6. The Morgan fingerprint density at radius 1 is 1.06 bits per heavy atom. The van der Waals surface area contributed by atoms with Gasteiger partial charge in [0.1, 0.15) is 11.9 Å². The zero-order valence-corrected chi connectivity index (χ0v) is 20.4. The molecule has 190 valence electrons. The molecule has 0 bridgehead atoms. The monoisotopic (exact) mass is 510 g/mol. The Balaban J connectivity index is 1.28. The standard InChI is InChI=1S/C26H30ClF3N2O3/c1-17-14-20(27)3-5-24(17)35-21-8-10-31(11-9-21)16-18-6-12-32(13-7-18)23-15-19(26(28,29)30)2-4-22(23)25(33)34/h2-5,14-15,18,21H,6-13,16H2,1H3,(H,33,34). The van der Waals surface area contributed by atoms with E-state index in [0.717, 1.165) is 74.8 Å². The van der Waals surface area contributed by atoms with Gasteiger partial charge in [-0.25, -0.2) is 4.79 Å². The lowest BCUT2D eigenvalue weighted by Gasteiger charge is -2.38. The van der Waals surface area contributed by atoms with Gasteiger partial charge in [0.05, 0.1) is 16.8 Å². The van der Waals surface area contributed by atoms with Crippen molar-refractivity contribution in [3.05, 3.63) is 58.1 Å². The molecule has 2 saturated heterocycles. The molecule has 0 atom stereocenters. The maximum atomic E-state index is 13.2. The van der Waals surface area contributed by atoms with E-state index in [1.165, 1.54) is 0 Å². The van der Waals surface area contributed by atoms with Crippen LogP contribution in [0.2, 0.25) is 5.02 Å². The Morgan fingerprint density at radius 2 is 1.74 bits per heavy atom. The van der Waals surface area contributed by atoms with Crippen LogP contribution in [0.5, 0.6) is 5.75 Å². The van der Waals surface area contributed by atoms with Crippen LogP contribution < -0.4 is 9.64 Å². The number of likely N-dealkylation sites (tertiary alicyclic amines) is 1. The van der Waals surface area contributed by atoms with E-state index in [0.29, 0.717) is 24.0 Å². The van der Waals surface area contributed by atoms with E-state index in [1.807, 2.05) is 25.1 Å². The van der Waals surface area contributed by atoms with Gasteiger partial charge in [-0.2, -0.15) is 13.2 Å². The first kappa shape index (κ1) is 25.6. The lowest BCUT2D eigenvalue weighted by molar-refractivity contribution is -0.137. The lowest BCUT2D eigenvalue weighted by atomic mass is 9.94. The number of ether oxygens (including phenoxy) is 1. The number of nitrogens with zero attached hydrogens (tertiary/aromatic N) is 2. The Bertz CT molecular complexity index is 1050. The van der Waals surface area contributed by atoms with Crippen LogP contribution in [0.3, 0.4) is 0 Å². The number of carboxylic acid groups (broad SMARTS) is 1. The van der Waals surface area contributed by atoms with Gasteiger partial charge >= 0.3 is 12.1 Å². The number of benzene rings is 2. The number of anilines is 1. The van der Waals surface area contributed by atoms with Crippen molar-refractivity contribution in [1.82, 2.24) is 4.90 Å². The molecule has 0 aromatic heterocycles. The molecule has 2 aromatic rings. The number of hydrogen-bond donors (Lipinski definition) is 1. The summed E-state index contributed by atoms with van der Waals surface area (Å²) in [6.07, 6.45) is -0.832. The van der Waals surface area contributed by atoms with Gasteiger partial charge in [-0.3, -0.25) is 0 Å². The maximum absolute atomic E-state index is 13.2. The lowest BCUT2D eigenvalue weighted by Crippen LogP contribution is -2.43. The predicted octanol–water partition coefficient (Wildman–Crippen LogP) is 6.13. The van der Waals surface area contributed by atoms with E-state index in [4.69, 9.17) is 16.3 Å². The second-order valence-corrected chi connectivity index (χ2v) is 9.93. The third kappa shape index (κ3) is 6.41. The highest BCUT2D eigenvalue weighted by atomic mass is 35.5. The average Bonchev–Trinajstić information content (AvgIpc) is 2.81. The molecule has 0 radical (unpaired) electrons. The minimum atomic E-state index is -4.51. The van der Waals surface area contributed by atoms with E-state index in [9.17, 15) is 23.1 Å². The number of aryl methyl sites for hydroxylation is 1. The van der Waals surface area contributed by atoms with Gasteiger partial charge in [-0.15, -0.1) is 0 Å². The molecule has 0 saturated carbocycles. The van der Waals surface area contributed by atoms with E-state index < -0.39 is 17.7 Å². The van der Waals surface area contributed by atoms with Crippen LogP contribution in [-0.2, 0) is 6.18 Å².